The zero-order valence-corrected chi connectivity index (χ0v) is 11.9. The highest BCUT2D eigenvalue weighted by Crippen LogP contribution is 2.20. The van der Waals surface area contributed by atoms with Gasteiger partial charge in [-0.1, -0.05) is 18.2 Å². The summed E-state index contributed by atoms with van der Waals surface area (Å²) in [6, 6.07) is 6.14. The lowest BCUT2D eigenvalue weighted by molar-refractivity contribution is -0.121. The van der Waals surface area contributed by atoms with E-state index in [-0.39, 0.29) is 0 Å². The molecule has 1 atom stereocenters. The number of rotatable bonds is 4. The molecule has 3 heteroatoms. The van der Waals surface area contributed by atoms with E-state index in [9.17, 15) is 9.90 Å². The minimum Gasteiger partial charge on any atom is -0.388 e. The van der Waals surface area contributed by atoms with E-state index in [1.807, 2.05) is 6.07 Å². The third-order valence-corrected chi connectivity index (χ3v) is 4.05. The Hall–Kier alpha value is -1.19. The number of likely N-dealkylation sites (tertiary alicyclic amines) is 1. The topological polar surface area (TPSA) is 40.5 Å². The largest absolute Gasteiger partial charge is 0.388 e. The SMILES string of the molecule is Cc1ccc(C(O)CCN2CCC(=O)CC2)cc1C. The van der Waals surface area contributed by atoms with Crippen LogP contribution in [0.2, 0.25) is 0 Å². The maximum Gasteiger partial charge on any atom is 0.135 e. The highest BCUT2D eigenvalue weighted by molar-refractivity contribution is 5.79. The van der Waals surface area contributed by atoms with Crippen molar-refractivity contribution in [3.8, 4) is 0 Å². The molecular formula is C16H23NO2. The van der Waals surface area contributed by atoms with E-state index < -0.39 is 6.10 Å². The van der Waals surface area contributed by atoms with Gasteiger partial charge in [0.15, 0.2) is 0 Å². The molecule has 1 saturated heterocycles. The molecule has 1 aromatic carbocycles. The Morgan fingerprint density at radius 2 is 1.89 bits per heavy atom. The van der Waals surface area contributed by atoms with Gasteiger partial charge in [0, 0.05) is 32.5 Å². The molecule has 0 spiro atoms. The Kier molecular flexibility index (Phi) is 4.72. The van der Waals surface area contributed by atoms with Crippen molar-refractivity contribution in [2.45, 2.75) is 39.2 Å². The van der Waals surface area contributed by atoms with Gasteiger partial charge < -0.3 is 10.0 Å². The van der Waals surface area contributed by atoms with Crippen LogP contribution in [0.4, 0.5) is 0 Å². The molecule has 19 heavy (non-hydrogen) atoms. The van der Waals surface area contributed by atoms with E-state index in [2.05, 4.69) is 30.9 Å². The van der Waals surface area contributed by atoms with Crippen molar-refractivity contribution in [1.29, 1.82) is 0 Å². The van der Waals surface area contributed by atoms with Gasteiger partial charge in [-0.05, 0) is 37.0 Å². The molecule has 1 fully saturated rings. The number of nitrogens with zero attached hydrogens (tertiary/aromatic N) is 1. The summed E-state index contributed by atoms with van der Waals surface area (Å²) in [5.74, 6) is 0.367. The molecular weight excluding hydrogens is 238 g/mol. The maximum absolute atomic E-state index is 11.2. The van der Waals surface area contributed by atoms with E-state index in [1.54, 1.807) is 0 Å². The first-order chi connectivity index (χ1) is 9.06. The summed E-state index contributed by atoms with van der Waals surface area (Å²) < 4.78 is 0. The van der Waals surface area contributed by atoms with Crippen LogP contribution in [0.5, 0.6) is 0 Å². The van der Waals surface area contributed by atoms with Gasteiger partial charge in [0.1, 0.15) is 5.78 Å². The Labute approximate surface area is 115 Å². The molecule has 1 aliphatic heterocycles. The molecule has 1 N–H and O–H groups in total. The molecule has 0 radical (unpaired) electrons. The second-order valence-corrected chi connectivity index (χ2v) is 5.53. The van der Waals surface area contributed by atoms with Crippen LogP contribution in [0.3, 0.4) is 0 Å². The zero-order valence-electron chi connectivity index (χ0n) is 11.9. The summed E-state index contributed by atoms with van der Waals surface area (Å²) in [7, 11) is 0. The van der Waals surface area contributed by atoms with E-state index in [0.29, 0.717) is 18.6 Å². The van der Waals surface area contributed by atoms with Gasteiger partial charge >= 0.3 is 0 Å². The number of hydrogen-bond acceptors (Lipinski definition) is 3. The van der Waals surface area contributed by atoms with E-state index in [1.165, 1.54) is 11.1 Å². The Morgan fingerprint density at radius 3 is 2.53 bits per heavy atom. The number of ketones is 1. The molecule has 1 unspecified atom stereocenters. The Balaban J connectivity index is 1.85. The van der Waals surface area contributed by atoms with Gasteiger partial charge in [0.05, 0.1) is 6.10 Å². The number of carbonyl (C=O) groups excluding carboxylic acids is 1. The summed E-state index contributed by atoms with van der Waals surface area (Å²) >= 11 is 0. The fourth-order valence-corrected chi connectivity index (χ4v) is 2.47. The van der Waals surface area contributed by atoms with Crippen molar-refractivity contribution in [2.24, 2.45) is 0 Å². The summed E-state index contributed by atoms with van der Waals surface area (Å²) in [5.41, 5.74) is 3.47. The van der Waals surface area contributed by atoms with Crippen LogP contribution in [0, 0.1) is 13.8 Å². The molecule has 0 amide bonds. The summed E-state index contributed by atoms with van der Waals surface area (Å²) in [6.07, 6.45) is 1.66. The number of aliphatic hydroxyl groups is 1. The monoisotopic (exact) mass is 261 g/mol. The van der Waals surface area contributed by atoms with Gasteiger partial charge in [-0.15, -0.1) is 0 Å². The summed E-state index contributed by atoms with van der Waals surface area (Å²) in [4.78, 5) is 13.4. The quantitative estimate of drug-likeness (QED) is 0.904. The Morgan fingerprint density at radius 1 is 1.21 bits per heavy atom. The fourth-order valence-electron chi connectivity index (χ4n) is 2.47. The number of carbonyl (C=O) groups is 1. The van der Waals surface area contributed by atoms with Gasteiger partial charge in [-0.3, -0.25) is 4.79 Å². The minimum absolute atomic E-state index is 0.367. The van der Waals surface area contributed by atoms with Crippen LogP contribution in [-0.2, 0) is 4.79 Å². The molecule has 0 saturated carbocycles. The number of aryl methyl sites for hydroxylation is 2. The van der Waals surface area contributed by atoms with E-state index in [0.717, 1.165) is 31.6 Å². The van der Waals surface area contributed by atoms with Crippen molar-refractivity contribution in [3.63, 3.8) is 0 Å². The first-order valence-electron chi connectivity index (χ1n) is 7.05. The third kappa shape index (κ3) is 3.88. The normalized spacial score (nSPS) is 18.6. The minimum atomic E-state index is -0.406. The van der Waals surface area contributed by atoms with Crippen molar-refractivity contribution >= 4 is 5.78 Å². The molecule has 1 aromatic rings. The summed E-state index contributed by atoms with van der Waals surface area (Å²) in [6.45, 7) is 6.70. The molecule has 3 nitrogen and oxygen atoms in total. The number of piperidine rings is 1. The van der Waals surface area contributed by atoms with Crippen LogP contribution in [0.1, 0.15) is 42.1 Å². The number of benzene rings is 1. The lowest BCUT2D eigenvalue weighted by Gasteiger charge is -2.26. The van der Waals surface area contributed by atoms with E-state index in [4.69, 9.17) is 0 Å². The van der Waals surface area contributed by atoms with Gasteiger partial charge in [0.2, 0.25) is 0 Å². The molecule has 1 heterocycles. The zero-order chi connectivity index (χ0) is 13.8. The lowest BCUT2D eigenvalue weighted by Crippen LogP contribution is -2.35. The van der Waals surface area contributed by atoms with Gasteiger partial charge in [0.25, 0.3) is 0 Å². The van der Waals surface area contributed by atoms with Crippen molar-refractivity contribution in [2.75, 3.05) is 19.6 Å². The lowest BCUT2D eigenvalue weighted by atomic mass is 10.0. The first kappa shape index (κ1) is 14.2. The second kappa shape index (κ2) is 6.31. The fraction of sp³-hybridized carbons (Fsp3) is 0.562. The number of hydrogen-bond donors (Lipinski definition) is 1. The van der Waals surface area contributed by atoms with Crippen LogP contribution in [-0.4, -0.2) is 35.4 Å². The van der Waals surface area contributed by atoms with Crippen molar-refractivity contribution < 1.29 is 9.90 Å². The van der Waals surface area contributed by atoms with Crippen molar-refractivity contribution in [1.82, 2.24) is 4.90 Å². The van der Waals surface area contributed by atoms with Crippen LogP contribution in [0.15, 0.2) is 18.2 Å². The van der Waals surface area contributed by atoms with E-state index >= 15 is 0 Å². The first-order valence-corrected chi connectivity index (χ1v) is 7.05. The standard InChI is InChI=1S/C16H23NO2/c1-12-3-4-14(11-13(12)2)16(19)7-10-17-8-5-15(18)6-9-17/h3-4,11,16,19H,5-10H2,1-2H3. The van der Waals surface area contributed by atoms with Crippen LogP contribution >= 0.6 is 0 Å². The maximum atomic E-state index is 11.2. The summed E-state index contributed by atoms with van der Waals surface area (Å²) in [5, 5.41) is 10.2. The van der Waals surface area contributed by atoms with Crippen LogP contribution < -0.4 is 0 Å². The highest BCUT2D eigenvalue weighted by atomic mass is 16.3. The third-order valence-electron chi connectivity index (χ3n) is 4.05. The smallest absolute Gasteiger partial charge is 0.135 e. The van der Waals surface area contributed by atoms with Gasteiger partial charge in [-0.2, -0.15) is 0 Å². The number of Topliss-reactive ketones (excluding diaryl/α,β-unsaturated/α-hetero) is 1. The Bertz CT molecular complexity index is 446. The number of aliphatic hydroxyl groups excluding tert-OH is 1. The molecule has 0 aliphatic carbocycles. The predicted molar refractivity (Wildman–Crippen MR) is 76.2 cm³/mol. The van der Waals surface area contributed by atoms with Gasteiger partial charge in [-0.25, -0.2) is 0 Å². The average Bonchev–Trinajstić information content (AvgIpc) is 2.41. The molecule has 104 valence electrons. The average molecular weight is 261 g/mol. The van der Waals surface area contributed by atoms with Crippen molar-refractivity contribution in [3.05, 3.63) is 34.9 Å². The molecule has 0 bridgehead atoms. The van der Waals surface area contributed by atoms with Crippen LogP contribution in [0.25, 0.3) is 0 Å². The highest BCUT2D eigenvalue weighted by Gasteiger charge is 2.17. The molecule has 2 rings (SSSR count). The molecule has 0 aromatic heterocycles. The second-order valence-electron chi connectivity index (χ2n) is 5.53. The predicted octanol–water partition coefficient (Wildman–Crippen LogP) is 2.39. The molecule has 1 aliphatic rings.